The van der Waals surface area contributed by atoms with Crippen LogP contribution in [0.4, 0.5) is 5.69 Å². The van der Waals surface area contributed by atoms with E-state index in [2.05, 4.69) is 0 Å². The Morgan fingerprint density at radius 1 is 1.33 bits per heavy atom. The third kappa shape index (κ3) is 3.40. The minimum Gasteiger partial charge on any atom is -0.310 e. The molecule has 1 aromatic rings. The molecule has 4 heteroatoms. The Morgan fingerprint density at radius 2 is 1.93 bits per heavy atom. The monoisotopic (exact) mass is 245 g/mol. The van der Waals surface area contributed by atoms with Gasteiger partial charge in [0.05, 0.1) is 0 Å². The lowest BCUT2D eigenvalue weighted by atomic mass is 10.2. The van der Waals surface area contributed by atoms with E-state index < -0.39 is 4.84 Å². The van der Waals surface area contributed by atoms with Gasteiger partial charge in [-0.2, -0.15) is 0 Å². The third-order valence-corrected chi connectivity index (χ3v) is 2.34. The number of carbonyl (C=O) groups is 1. The van der Waals surface area contributed by atoms with Gasteiger partial charge in [0.1, 0.15) is 0 Å². The summed E-state index contributed by atoms with van der Waals surface area (Å²) >= 11 is 11.2. The molecule has 0 spiro atoms. The highest BCUT2D eigenvalue weighted by atomic mass is 35.5. The van der Waals surface area contributed by atoms with Crippen LogP contribution in [0.15, 0.2) is 30.3 Å². The maximum Gasteiger partial charge on any atom is 0.260 e. The molecule has 0 bridgehead atoms. The van der Waals surface area contributed by atoms with Gasteiger partial charge in [-0.15, -0.1) is 0 Å². The van der Waals surface area contributed by atoms with Crippen LogP contribution in [0.3, 0.4) is 0 Å². The Kier molecular flexibility index (Phi) is 4.92. The molecule has 0 N–H and O–H groups in total. The zero-order valence-corrected chi connectivity index (χ0v) is 10.0. The number of carbonyl (C=O) groups excluding carboxylic acids is 1. The van der Waals surface area contributed by atoms with Crippen molar-refractivity contribution in [2.45, 2.75) is 18.2 Å². The molecule has 0 fully saturated rings. The van der Waals surface area contributed by atoms with E-state index in [1.165, 1.54) is 0 Å². The number of para-hydroxylation sites is 1. The number of nitrogens with zero attached hydrogens (tertiary/aromatic N) is 1. The van der Waals surface area contributed by atoms with E-state index in [4.69, 9.17) is 23.2 Å². The highest BCUT2D eigenvalue weighted by molar-refractivity contribution is 6.54. The molecule has 0 unspecified atom stereocenters. The minimum absolute atomic E-state index is 0.272. The van der Waals surface area contributed by atoms with Crippen molar-refractivity contribution in [2.24, 2.45) is 0 Å². The predicted molar refractivity (Wildman–Crippen MR) is 64.6 cm³/mol. The first kappa shape index (κ1) is 12.3. The first-order chi connectivity index (χ1) is 7.16. The van der Waals surface area contributed by atoms with E-state index in [1.54, 1.807) is 4.90 Å². The highest BCUT2D eigenvalue weighted by Gasteiger charge is 2.20. The Labute approximate surface area is 99.8 Å². The molecule has 0 aliphatic rings. The fourth-order valence-corrected chi connectivity index (χ4v) is 1.55. The van der Waals surface area contributed by atoms with Gasteiger partial charge in [0, 0.05) is 12.2 Å². The highest BCUT2D eigenvalue weighted by Crippen LogP contribution is 2.17. The van der Waals surface area contributed by atoms with E-state index in [9.17, 15) is 4.79 Å². The normalized spacial score (nSPS) is 10.4. The second kappa shape index (κ2) is 5.99. The SMILES string of the molecule is CCCN(C(=O)C(Cl)Cl)c1ccccc1. The van der Waals surface area contributed by atoms with Crippen molar-refractivity contribution in [1.29, 1.82) is 0 Å². The number of alkyl halides is 2. The molecule has 0 heterocycles. The summed E-state index contributed by atoms with van der Waals surface area (Å²) in [6, 6.07) is 9.38. The molecule has 0 aromatic heterocycles. The van der Waals surface area contributed by atoms with Gasteiger partial charge in [-0.05, 0) is 18.6 Å². The number of anilines is 1. The largest absolute Gasteiger partial charge is 0.310 e. The van der Waals surface area contributed by atoms with E-state index >= 15 is 0 Å². The lowest BCUT2D eigenvalue weighted by Gasteiger charge is -2.22. The Morgan fingerprint density at radius 3 is 2.40 bits per heavy atom. The topological polar surface area (TPSA) is 20.3 Å². The Hall–Kier alpha value is -0.730. The average Bonchev–Trinajstić information content (AvgIpc) is 2.26. The van der Waals surface area contributed by atoms with Crippen LogP contribution in [0.2, 0.25) is 0 Å². The van der Waals surface area contributed by atoms with E-state index in [0.717, 1.165) is 12.1 Å². The van der Waals surface area contributed by atoms with Crippen LogP contribution in [-0.2, 0) is 4.79 Å². The van der Waals surface area contributed by atoms with Gasteiger partial charge in [-0.1, -0.05) is 48.3 Å². The molecule has 15 heavy (non-hydrogen) atoms. The van der Waals surface area contributed by atoms with Crippen LogP contribution in [-0.4, -0.2) is 17.3 Å². The van der Waals surface area contributed by atoms with Crippen LogP contribution < -0.4 is 4.90 Å². The molecule has 82 valence electrons. The number of hydrogen-bond acceptors (Lipinski definition) is 1. The van der Waals surface area contributed by atoms with E-state index in [1.807, 2.05) is 37.3 Å². The number of hydrogen-bond donors (Lipinski definition) is 0. The molecule has 0 aliphatic carbocycles. The molecule has 0 aliphatic heterocycles. The predicted octanol–water partition coefficient (Wildman–Crippen LogP) is 3.23. The molecule has 2 nitrogen and oxygen atoms in total. The summed E-state index contributed by atoms with van der Waals surface area (Å²) in [5.74, 6) is -0.272. The third-order valence-electron chi connectivity index (χ3n) is 1.97. The van der Waals surface area contributed by atoms with Crippen molar-refractivity contribution in [1.82, 2.24) is 0 Å². The average molecular weight is 246 g/mol. The summed E-state index contributed by atoms with van der Waals surface area (Å²) in [7, 11) is 0. The van der Waals surface area contributed by atoms with Gasteiger partial charge in [0.2, 0.25) is 0 Å². The second-order valence-corrected chi connectivity index (χ2v) is 4.22. The summed E-state index contributed by atoms with van der Waals surface area (Å²) in [5, 5.41) is 0. The molecular weight excluding hydrogens is 233 g/mol. The standard InChI is InChI=1S/C11H13Cl2NO/c1-2-8-14(11(15)10(12)13)9-6-4-3-5-7-9/h3-7,10H,2,8H2,1H3. The lowest BCUT2D eigenvalue weighted by Crippen LogP contribution is -2.35. The summed E-state index contributed by atoms with van der Waals surface area (Å²) in [6.45, 7) is 2.62. The number of rotatable bonds is 4. The van der Waals surface area contributed by atoms with Gasteiger partial charge in [-0.25, -0.2) is 0 Å². The summed E-state index contributed by atoms with van der Waals surface area (Å²) in [6.07, 6.45) is 0.862. The maximum absolute atomic E-state index is 11.7. The summed E-state index contributed by atoms with van der Waals surface area (Å²) in [4.78, 5) is 12.3. The van der Waals surface area contributed by atoms with Gasteiger partial charge < -0.3 is 4.90 Å². The van der Waals surface area contributed by atoms with Crippen LogP contribution in [0.1, 0.15) is 13.3 Å². The maximum atomic E-state index is 11.7. The molecule has 0 radical (unpaired) electrons. The zero-order valence-electron chi connectivity index (χ0n) is 8.49. The van der Waals surface area contributed by atoms with Crippen LogP contribution in [0.5, 0.6) is 0 Å². The smallest absolute Gasteiger partial charge is 0.260 e. The first-order valence-corrected chi connectivity index (χ1v) is 5.68. The zero-order chi connectivity index (χ0) is 11.3. The first-order valence-electron chi connectivity index (χ1n) is 4.81. The van der Waals surface area contributed by atoms with Crippen molar-refractivity contribution in [3.8, 4) is 0 Å². The Balaban J connectivity index is 2.88. The van der Waals surface area contributed by atoms with Crippen molar-refractivity contribution in [3.05, 3.63) is 30.3 Å². The lowest BCUT2D eigenvalue weighted by molar-refractivity contribution is -0.117. The van der Waals surface area contributed by atoms with Crippen LogP contribution in [0, 0.1) is 0 Å². The quantitative estimate of drug-likeness (QED) is 0.747. The van der Waals surface area contributed by atoms with Crippen molar-refractivity contribution < 1.29 is 4.79 Å². The number of halogens is 2. The molecule has 1 amide bonds. The molecule has 0 saturated heterocycles. The fraction of sp³-hybridized carbons (Fsp3) is 0.364. The van der Waals surface area contributed by atoms with E-state index in [0.29, 0.717) is 6.54 Å². The van der Waals surface area contributed by atoms with Crippen molar-refractivity contribution in [3.63, 3.8) is 0 Å². The number of amides is 1. The summed E-state index contributed by atoms with van der Waals surface area (Å²) in [5.41, 5.74) is 0.829. The van der Waals surface area contributed by atoms with Gasteiger partial charge in [0.15, 0.2) is 4.84 Å². The second-order valence-electron chi connectivity index (χ2n) is 3.13. The molecule has 0 saturated carbocycles. The Bertz CT molecular complexity index is 314. The molecule has 1 rings (SSSR count). The van der Waals surface area contributed by atoms with Gasteiger partial charge >= 0.3 is 0 Å². The fourth-order valence-electron chi connectivity index (χ4n) is 1.32. The van der Waals surface area contributed by atoms with Gasteiger partial charge in [-0.3, -0.25) is 4.79 Å². The van der Waals surface area contributed by atoms with E-state index in [-0.39, 0.29) is 5.91 Å². The van der Waals surface area contributed by atoms with Gasteiger partial charge in [0.25, 0.3) is 5.91 Å². The van der Waals surface area contributed by atoms with Crippen molar-refractivity contribution >= 4 is 34.8 Å². The number of benzene rings is 1. The molecule has 0 atom stereocenters. The minimum atomic E-state index is -1.00. The molecule has 1 aromatic carbocycles. The molecular formula is C11H13Cl2NO. The summed E-state index contributed by atoms with van der Waals surface area (Å²) < 4.78 is 0. The van der Waals surface area contributed by atoms with Crippen molar-refractivity contribution in [2.75, 3.05) is 11.4 Å². The van der Waals surface area contributed by atoms with Crippen LogP contribution >= 0.6 is 23.2 Å². The van der Waals surface area contributed by atoms with Crippen LogP contribution in [0.25, 0.3) is 0 Å².